The fraction of sp³-hybridized carbons (Fsp3) is 0.632. The van der Waals surface area contributed by atoms with Gasteiger partial charge in [-0.3, -0.25) is 4.99 Å². The third kappa shape index (κ3) is 6.48. The highest BCUT2D eigenvalue weighted by Gasteiger charge is 2.17. The molecule has 2 N–H and O–H groups in total. The molecule has 1 fully saturated rings. The van der Waals surface area contributed by atoms with E-state index in [-0.39, 0.29) is 5.82 Å². The largest absolute Gasteiger partial charge is 0.356 e. The summed E-state index contributed by atoms with van der Waals surface area (Å²) in [4.78, 5) is 6.78. The lowest BCUT2D eigenvalue weighted by molar-refractivity contribution is 0.187. The van der Waals surface area contributed by atoms with Gasteiger partial charge in [0.1, 0.15) is 5.82 Å². The molecule has 0 spiro atoms. The van der Waals surface area contributed by atoms with Crippen molar-refractivity contribution in [2.24, 2.45) is 10.9 Å². The van der Waals surface area contributed by atoms with E-state index in [0.717, 1.165) is 37.0 Å². The number of halogens is 1. The maximum atomic E-state index is 13.1. The lowest BCUT2D eigenvalue weighted by atomic mass is 9.93. The van der Waals surface area contributed by atoms with Crippen LogP contribution in [-0.2, 0) is 6.42 Å². The first-order valence-corrected chi connectivity index (χ1v) is 9.12. The Hall–Kier alpha value is -1.62. The summed E-state index contributed by atoms with van der Waals surface area (Å²) in [6.07, 6.45) is 4.60. The maximum Gasteiger partial charge on any atom is 0.190 e. The van der Waals surface area contributed by atoms with E-state index < -0.39 is 0 Å². The van der Waals surface area contributed by atoms with Crippen molar-refractivity contribution in [3.63, 3.8) is 0 Å². The molecule has 0 aliphatic carbocycles. The third-order valence-corrected chi connectivity index (χ3v) is 4.82. The van der Waals surface area contributed by atoms with Gasteiger partial charge in [0.2, 0.25) is 0 Å². The molecule has 5 heteroatoms. The maximum absolute atomic E-state index is 13.1. The van der Waals surface area contributed by atoms with E-state index in [1.165, 1.54) is 45.0 Å². The molecule has 1 aromatic carbocycles. The number of nitrogens with one attached hydrogen (secondary N) is 2. The molecule has 2 rings (SSSR count). The second-order valence-corrected chi connectivity index (χ2v) is 6.47. The molecule has 1 heterocycles. The molecule has 1 aliphatic heterocycles. The fourth-order valence-corrected chi connectivity index (χ4v) is 3.22. The highest BCUT2D eigenvalue weighted by molar-refractivity contribution is 5.79. The predicted molar refractivity (Wildman–Crippen MR) is 98.9 cm³/mol. The molecule has 0 atom stereocenters. The lowest BCUT2D eigenvalue weighted by Gasteiger charge is -2.31. The highest BCUT2D eigenvalue weighted by Crippen LogP contribution is 2.19. The number of benzene rings is 1. The molecule has 0 aromatic heterocycles. The van der Waals surface area contributed by atoms with Crippen LogP contribution in [0.5, 0.6) is 0 Å². The van der Waals surface area contributed by atoms with Crippen LogP contribution in [0.1, 0.15) is 31.7 Å². The summed E-state index contributed by atoms with van der Waals surface area (Å²) in [5.74, 6) is 1.48. The topological polar surface area (TPSA) is 39.7 Å². The van der Waals surface area contributed by atoms with Gasteiger partial charge >= 0.3 is 0 Å². The zero-order valence-corrected chi connectivity index (χ0v) is 15.0. The lowest BCUT2D eigenvalue weighted by Crippen LogP contribution is -2.40. The number of likely N-dealkylation sites (tertiary alicyclic amines) is 1. The van der Waals surface area contributed by atoms with E-state index >= 15 is 0 Å². The Balaban J connectivity index is 1.60. The predicted octanol–water partition coefficient (Wildman–Crippen LogP) is 2.66. The van der Waals surface area contributed by atoms with Gasteiger partial charge in [-0.2, -0.15) is 0 Å². The Morgan fingerprint density at radius 3 is 2.67 bits per heavy atom. The van der Waals surface area contributed by atoms with E-state index in [2.05, 4.69) is 27.4 Å². The Morgan fingerprint density at radius 2 is 2.00 bits per heavy atom. The summed E-state index contributed by atoms with van der Waals surface area (Å²) in [6, 6.07) is 6.76. The van der Waals surface area contributed by atoms with Gasteiger partial charge in [0.25, 0.3) is 0 Å². The van der Waals surface area contributed by atoms with Crippen molar-refractivity contribution in [3.8, 4) is 0 Å². The minimum atomic E-state index is -0.177. The van der Waals surface area contributed by atoms with Gasteiger partial charge in [-0.05, 0) is 68.9 Å². The van der Waals surface area contributed by atoms with Crippen molar-refractivity contribution in [3.05, 3.63) is 35.6 Å². The molecule has 0 amide bonds. The fourth-order valence-electron chi connectivity index (χ4n) is 3.22. The Labute approximate surface area is 145 Å². The SMILES string of the molecule is CCN1CCC(CCNC(=NC)NCCc2cccc(F)c2)CC1. The normalized spacial score (nSPS) is 17.0. The van der Waals surface area contributed by atoms with E-state index in [1.54, 1.807) is 19.2 Å². The van der Waals surface area contributed by atoms with Crippen LogP contribution >= 0.6 is 0 Å². The second kappa shape index (κ2) is 10.3. The van der Waals surface area contributed by atoms with Gasteiger partial charge < -0.3 is 15.5 Å². The molecule has 24 heavy (non-hydrogen) atoms. The van der Waals surface area contributed by atoms with Crippen LogP contribution in [0.2, 0.25) is 0 Å². The molecule has 0 radical (unpaired) electrons. The molecular weight excluding hydrogens is 303 g/mol. The smallest absolute Gasteiger partial charge is 0.190 e. The number of hydrogen-bond donors (Lipinski definition) is 2. The number of aliphatic imine (C=N–C) groups is 1. The van der Waals surface area contributed by atoms with Crippen LogP contribution in [0.3, 0.4) is 0 Å². The van der Waals surface area contributed by atoms with Crippen molar-refractivity contribution >= 4 is 5.96 Å². The summed E-state index contributed by atoms with van der Waals surface area (Å²) in [6.45, 7) is 7.59. The molecule has 134 valence electrons. The molecule has 1 aromatic rings. The van der Waals surface area contributed by atoms with Crippen molar-refractivity contribution < 1.29 is 4.39 Å². The van der Waals surface area contributed by atoms with Gasteiger partial charge in [-0.25, -0.2) is 4.39 Å². The highest BCUT2D eigenvalue weighted by atomic mass is 19.1. The number of rotatable bonds is 7. The number of nitrogens with zero attached hydrogens (tertiary/aromatic N) is 2. The monoisotopic (exact) mass is 334 g/mol. The van der Waals surface area contributed by atoms with Gasteiger partial charge in [-0.1, -0.05) is 19.1 Å². The van der Waals surface area contributed by atoms with E-state index in [0.29, 0.717) is 0 Å². The van der Waals surface area contributed by atoms with Crippen LogP contribution < -0.4 is 10.6 Å². The summed E-state index contributed by atoms with van der Waals surface area (Å²) >= 11 is 0. The van der Waals surface area contributed by atoms with Gasteiger partial charge in [-0.15, -0.1) is 0 Å². The average Bonchev–Trinajstić information content (AvgIpc) is 2.61. The summed E-state index contributed by atoms with van der Waals surface area (Å²) < 4.78 is 13.1. The van der Waals surface area contributed by atoms with Crippen LogP contribution in [0.25, 0.3) is 0 Å². The molecule has 0 saturated carbocycles. The first-order valence-electron chi connectivity index (χ1n) is 9.12. The van der Waals surface area contributed by atoms with E-state index in [4.69, 9.17) is 0 Å². The quantitative estimate of drug-likeness (QED) is 0.595. The minimum absolute atomic E-state index is 0.177. The molecule has 0 unspecified atom stereocenters. The summed E-state index contributed by atoms with van der Waals surface area (Å²) in [5.41, 5.74) is 1.00. The van der Waals surface area contributed by atoms with E-state index in [9.17, 15) is 4.39 Å². The zero-order chi connectivity index (χ0) is 17.2. The standard InChI is InChI=1S/C19H31FN4/c1-3-24-13-9-16(10-14-24)7-11-22-19(21-2)23-12-8-17-5-4-6-18(20)15-17/h4-6,15-16H,3,7-14H2,1-2H3,(H2,21,22,23). The molecule has 1 saturated heterocycles. The number of guanidine groups is 1. The van der Waals surface area contributed by atoms with Gasteiger partial charge in [0, 0.05) is 20.1 Å². The molecule has 4 nitrogen and oxygen atoms in total. The molecular formula is C19H31FN4. The van der Waals surface area contributed by atoms with Gasteiger partial charge in [0.15, 0.2) is 5.96 Å². The molecule has 1 aliphatic rings. The van der Waals surface area contributed by atoms with E-state index in [1.807, 2.05) is 6.07 Å². The van der Waals surface area contributed by atoms with Crippen molar-refractivity contribution in [1.29, 1.82) is 0 Å². The van der Waals surface area contributed by atoms with Crippen molar-refractivity contribution in [1.82, 2.24) is 15.5 Å². The zero-order valence-electron chi connectivity index (χ0n) is 15.0. The second-order valence-electron chi connectivity index (χ2n) is 6.47. The average molecular weight is 334 g/mol. The van der Waals surface area contributed by atoms with Crippen molar-refractivity contribution in [2.45, 2.75) is 32.6 Å². The number of hydrogen-bond acceptors (Lipinski definition) is 2. The van der Waals surface area contributed by atoms with Crippen LogP contribution in [0, 0.1) is 11.7 Å². The Bertz CT molecular complexity index is 510. The van der Waals surface area contributed by atoms with Crippen molar-refractivity contribution in [2.75, 3.05) is 39.8 Å². The molecule has 0 bridgehead atoms. The summed E-state index contributed by atoms with van der Waals surface area (Å²) in [7, 11) is 1.79. The van der Waals surface area contributed by atoms with Gasteiger partial charge in [0.05, 0.1) is 0 Å². The Morgan fingerprint density at radius 1 is 1.25 bits per heavy atom. The third-order valence-electron chi connectivity index (χ3n) is 4.82. The summed E-state index contributed by atoms with van der Waals surface area (Å²) in [5, 5.41) is 6.69. The Kier molecular flexibility index (Phi) is 8.02. The minimum Gasteiger partial charge on any atom is -0.356 e. The van der Waals surface area contributed by atoms with Crippen LogP contribution in [-0.4, -0.2) is 50.6 Å². The first kappa shape index (κ1) is 18.7. The first-order chi connectivity index (χ1) is 11.7. The van der Waals surface area contributed by atoms with Crippen LogP contribution in [0.15, 0.2) is 29.3 Å². The van der Waals surface area contributed by atoms with Crippen LogP contribution in [0.4, 0.5) is 4.39 Å². The number of piperidine rings is 1.